The summed E-state index contributed by atoms with van der Waals surface area (Å²) in [4.78, 5) is 146. The van der Waals surface area contributed by atoms with Crippen LogP contribution >= 0.6 is 0 Å². The Balaban J connectivity index is 0.000000139. The van der Waals surface area contributed by atoms with Gasteiger partial charge in [-0.3, -0.25) is 57.9 Å². The smallest absolute Gasteiger partial charge is 0.333 e. The number of fused-ring (bicyclic) bond motifs is 18. The van der Waals surface area contributed by atoms with E-state index in [0.717, 1.165) is 70.3 Å². The van der Waals surface area contributed by atoms with E-state index in [9.17, 15) is 57.5 Å². The highest BCUT2D eigenvalue weighted by Crippen LogP contribution is 2.67. The summed E-state index contributed by atoms with van der Waals surface area (Å²) in [5.41, 5.74) is 0.430. The van der Waals surface area contributed by atoms with Crippen LogP contribution in [0.15, 0.2) is 37.0 Å². The molecule has 11 aliphatic rings. The molecule has 0 aromatic heterocycles. The van der Waals surface area contributed by atoms with E-state index >= 15 is 0 Å². The number of β-lactam (4-membered cyclic amide) rings is 3. The van der Waals surface area contributed by atoms with Crippen LogP contribution in [0.4, 0.5) is 0 Å². The molecule has 19 unspecified atom stereocenters. The molecule has 8 saturated carbocycles. The van der Waals surface area contributed by atoms with Gasteiger partial charge in [0.05, 0.1) is 35.9 Å². The van der Waals surface area contributed by atoms with Gasteiger partial charge < -0.3 is 28.4 Å². The molecule has 6 amide bonds. The van der Waals surface area contributed by atoms with Crippen LogP contribution in [0, 0.1) is 76.9 Å². The van der Waals surface area contributed by atoms with Gasteiger partial charge in [0.1, 0.15) is 18.3 Å². The molecule has 11 fully saturated rings. The fraction of sp³-hybridized carbons (Fsp3) is 0.673. The molecule has 3 saturated heterocycles. The molecule has 8 aliphatic carbocycles. The van der Waals surface area contributed by atoms with E-state index in [-0.39, 0.29) is 125 Å². The predicted molar refractivity (Wildman–Crippen MR) is 258 cm³/mol. The molecule has 0 radical (unpaired) electrons. The second kappa shape index (κ2) is 21.1. The number of carbonyl (C=O) groups is 12. The number of hydrogen-bond acceptors (Lipinski definition) is 18. The number of nitrogens with zero attached hydrogens (tertiary/aromatic N) is 3. The van der Waals surface area contributed by atoms with Crippen molar-refractivity contribution in [3.63, 3.8) is 0 Å². The summed E-state index contributed by atoms with van der Waals surface area (Å²) in [7, 11) is 0. The molecule has 21 heteroatoms. The Morgan fingerprint density at radius 1 is 0.461 bits per heavy atom. The molecular formula is C55H67N3O18. The topological polar surface area (TPSA) is 270 Å². The fourth-order valence-corrected chi connectivity index (χ4v) is 16.1. The van der Waals surface area contributed by atoms with Gasteiger partial charge in [0, 0.05) is 38.0 Å². The summed E-state index contributed by atoms with van der Waals surface area (Å²) in [6.07, 6.45) is 9.02. The first kappa shape index (κ1) is 54.3. The van der Waals surface area contributed by atoms with Crippen LogP contribution in [0.5, 0.6) is 0 Å². The Kier molecular flexibility index (Phi) is 15.1. The van der Waals surface area contributed by atoms with E-state index < -0.39 is 55.5 Å². The van der Waals surface area contributed by atoms with Crippen molar-refractivity contribution in [1.29, 1.82) is 0 Å². The number of hydrogen-bond donors (Lipinski definition) is 0. The third kappa shape index (κ3) is 9.79. The molecular weight excluding hydrogens is 991 g/mol. The zero-order chi connectivity index (χ0) is 54.9. The first-order chi connectivity index (χ1) is 36.0. The Morgan fingerprint density at radius 2 is 0.829 bits per heavy atom. The van der Waals surface area contributed by atoms with Crippen molar-refractivity contribution in [3.8, 4) is 0 Å². The van der Waals surface area contributed by atoms with Crippen LogP contribution in [0.3, 0.4) is 0 Å². The number of imide groups is 3. The normalized spacial score (nSPS) is 37.4. The van der Waals surface area contributed by atoms with Gasteiger partial charge >= 0.3 is 35.8 Å². The van der Waals surface area contributed by atoms with Gasteiger partial charge in [-0.2, -0.15) is 0 Å². The molecule has 0 spiro atoms. The van der Waals surface area contributed by atoms with Gasteiger partial charge in [-0.25, -0.2) is 14.4 Å². The Hall–Kier alpha value is -6.54. The molecule has 21 nitrogen and oxygen atoms in total. The average Bonchev–Trinajstić information content (AvgIpc) is 4.23. The molecule has 3 aliphatic heterocycles. The second-order valence-electron chi connectivity index (χ2n) is 22.9. The number of amides is 6. The minimum Gasteiger partial charge on any atom is -0.463 e. The monoisotopic (exact) mass is 1060 g/mol. The lowest BCUT2D eigenvalue weighted by Crippen LogP contribution is -2.67. The third-order valence-electron chi connectivity index (χ3n) is 18.6. The van der Waals surface area contributed by atoms with Gasteiger partial charge in [0.2, 0.25) is 17.7 Å². The van der Waals surface area contributed by atoms with Gasteiger partial charge in [-0.05, 0) is 137 Å². The molecule has 0 aromatic rings. The maximum absolute atomic E-state index is 12.6. The number of ether oxygens (including phenoxy) is 6. The van der Waals surface area contributed by atoms with Gasteiger partial charge in [-0.15, -0.1) is 0 Å². The van der Waals surface area contributed by atoms with Crippen molar-refractivity contribution in [2.24, 2.45) is 76.9 Å². The van der Waals surface area contributed by atoms with Crippen molar-refractivity contribution >= 4 is 71.3 Å². The molecule has 19 atom stereocenters. The third-order valence-corrected chi connectivity index (χ3v) is 18.6. The van der Waals surface area contributed by atoms with Crippen LogP contribution in [0.25, 0.3) is 0 Å². The van der Waals surface area contributed by atoms with Crippen LogP contribution in [-0.4, -0.2) is 142 Å². The minimum absolute atomic E-state index is 0.0666. The summed E-state index contributed by atoms with van der Waals surface area (Å²) in [6.45, 7) is 16.2. The molecule has 3 heterocycles. The number of esters is 6. The minimum atomic E-state index is -0.675. The Labute approximate surface area is 439 Å². The summed E-state index contributed by atoms with van der Waals surface area (Å²) in [6, 6.07) is -0.286. The first-order valence-electron chi connectivity index (χ1n) is 26.5. The van der Waals surface area contributed by atoms with Crippen LogP contribution in [-0.2, 0) is 86.0 Å². The summed E-state index contributed by atoms with van der Waals surface area (Å²) in [5.74, 6) is -1.50. The molecule has 410 valence electrons. The Morgan fingerprint density at radius 3 is 1.22 bits per heavy atom. The SMILES string of the molecule is C=C(C)C(=O)OCC(=O)N1C(=O)C2C3CC(C4CC(OC(C)=O)CC43)C21.C=C(C)C(=O)OCC(=O)N1C(=O)C2CC3CC(OC(C)=O)CC3CC21.C=CC(=O)OCC(=O)N1C(=O)C2C3CC(C4CC(OC(C)=O)CC43)C21. The Bertz CT molecular complexity index is 2570. The van der Waals surface area contributed by atoms with Crippen LogP contribution in [0.1, 0.15) is 98.8 Å². The van der Waals surface area contributed by atoms with E-state index in [0.29, 0.717) is 35.5 Å². The highest BCUT2D eigenvalue weighted by molar-refractivity contribution is 6.05. The van der Waals surface area contributed by atoms with Crippen LogP contribution < -0.4 is 0 Å². The molecule has 4 bridgehead atoms. The highest BCUT2D eigenvalue weighted by atomic mass is 16.6. The van der Waals surface area contributed by atoms with Crippen molar-refractivity contribution in [2.75, 3.05) is 19.8 Å². The second-order valence-corrected chi connectivity index (χ2v) is 22.9. The van der Waals surface area contributed by atoms with E-state index in [1.807, 2.05) is 0 Å². The zero-order valence-electron chi connectivity index (χ0n) is 43.6. The van der Waals surface area contributed by atoms with Crippen molar-refractivity contribution < 1.29 is 86.0 Å². The van der Waals surface area contributed by atoms with Crippen molar-refractivity contribution in [3.05, 3.63) is 37.0 Å². The zero-order valence-corrected chi connectivity index (χ0v) is 43.6. The molecule has 0 aromatic carbocycles. The van der Waals surface area contributed by atoms with Crippen molar-refractivity contribution in [1.82, 2.24) is 14.7 Å². The first-order valence-corrected chi connectivity index (χ1v) is 26.5. The lowest BCUT2D eigenvalue weighted by atomic mass is 9.67. The van der Waals surface area contributed by atoms with Crippen molar-refractivity contribution in [2.45, 2.75) is 135 Å². The van der Waals surface area contributed by atoms with Crippen LogP contribution in [0.2, 0.25) is 0 Å². The molecule has 0 N–H and O–H groups in total. The lowest BCUT2D eigenvalue weighted by molar-refractivity contribution is -0.177. The quantitative estimate of drug-likeness (QED) is 0.118. The lowest BCUT2D eigenvalue weighted by Gasteiger charge is -2.51. The maximum Gasteiger partial charge on any atom is 0.333 e. The summed E-state index contributed by atoms with van der Waals surface area (Å²) >= 11 is 0. The summed E-state index contributed by atoms with van der Waals surface area (Å²) in [5, 5.41) is 0. The standard InChI is InChI=1S/C19H23NO6.C18H21NO6.C18H23NO6/c1-8(2)19(24)25-7-15(22)20-17-14-6-13(16(17)18(20)23)11-4-10(5-12(11)14)26-9(3)21;1-3-15(22)24-7-14(21)19-17-13-6-12(16(17)18(19)23)10-4-9(5-11(10)13)25-8(2)20;1-9(2)18(23)24-8-16(21)19-15-7-12-5-13(25-10(3)20)4-11(12)6-14(15)17(19)22/h10-14,16-17H,1,4-7H2,2-3H3;3,9-13,16-17H,1,4-7H2,2H3;11-15H,1,4-8H2,2-3H3. The van der Waals surface area contributed by atoms with Gasteiger partial charge in [-0.1, -0.05) is 19.7 Å². The number of likely N-dealkylation sites (tertiary alicyclic amines) is 3. The van der Waals surface area contributed by atoms with Gasteiger partial charge in [0.15, 0.2) is 19.8 Å². The van der Waals surface area contributed by atoms with E-state index in [1.165, 1.54) is 49.3 Å². The molecule has 76 heavy (non-hydrogen) atoms. The number of carbonyl (C=O) groups excluding carboxylic acids is 12. The maximum atomic E-state index is 12.6. The largest absolute Gasteiger partial charge is 0.463 e. The fourth-order valence-electron chi connectivity index (χ4n) is 16.1. The molecule has 11 rings (SSSR count). The van der Waals surface area contributed by atoms with E-state index in [2.05, 4.69) is 19.7 Å². The highest BCUT2D eigenvalue weighted by Gasteiger charge is 2.72. The summed E-state index contributed by atoms with van der Waals surface area (Å²) < 4.78 is 30.6. The van der Waals surface area contributed by atoms with E-state index in [4.69, 9.17) is 28.4 Å². The van der Waals surface area contributed by atoms with E-state index in [1.54, 1.807) is 0 Å². The average molecular weight is 1060 g/mol. The van der Waals surface area contributed by atoms with Gasteiger partial charge in [0.25, 0.3) is 17.7 Å². The number of rotatable bonds is 12. The predicted octanol–water partition coefficient (Wildman–Crippen LogP) is 2.95.